The summed E-state index contributed by atoms with van der Waals surface area (Å²) in [6, 6.07) is 13.5. The average Bonchev–Trinajstić information content (AvgIpc) is 2.47. The number of alkyl halides is 3. The number of anilines is 1. The second-order valence-electron chi connectivity index (χ2n) is 5.65. The zero-order valence-electron chi connectivity index (χ0n) is 12.4. The average molecular weight is 306 g/mol. The van der Waals surface area contributed by atoms with Crippen LogP contribution in [0.3, 0.4) is 0 Å². The first-order valence-corrected chi connectivity index (χ1v) is 7.06. The Labute approximate surface area is 127 Å². The Morgan fingerprint density at radius 3 is 2.23 bits per heavy atom. The zero-order chi connectivity index (χ0) is 15.9. The lowest BCUT2D eigenvalue weighted by Gasteiger charge is -2.42. The van der Waals surface area contributed by atoms with E-state index >= 15 is 0 Å². The first kappa shape index (κ1) is 14.9. The molecular weight excluding hydrogens is 289 g/mol. The highest BCUT2D eigenvalue weighted by atomic mass is 19.4. The van der Waals surface area contributed by atoms with Crippen molar-refractivity contribution in [3.05, 3.63) is 65.2 Å². The number of hydrogen-bond donors (Lipinski definition) is 0. The maximum atomic E-state index is 12.7. The van der Waals surface area contributed by atoms with Gasteiger partial charge in [0, 0.05) is 19.3 Å². The van der Waals surface area contributed by atoms with E-state index in [-0.39, 0.29) is 6.17 Å². The van der Waals surface area contributed by atoms with Crippen LogP contribution in [0.2, 0.25) is 0 Å². The van der Waals surface area contributed by atoms with Crippen LogP contribution in [0, 0.1) is 0 Å². The van der Waals surface area contributed by atoms with Crippen LogP contribution >= 0.6 is 0 Å². The second kappa shape index (κ2) is 5.32. The number of halogens is 3. The highest BCUT2D eigenvalue weighted by molar-refractivity contribution is 5.56. The van der Waals surface area contributed by atoms with Crippen molar-refractivity contribution >= 4 is 5.69 Å². The van der Waals surface area contributed by atoms with Gasteiger partial charge in [-0.3, -0.25) is 4.90 Å². The summed E-state index contributed by atoms with van der Waals surface area (Å²) >= 11 is 0. The molecule has 0 spiro atoms. The van der Waals surface area contributed by atoms with E-state index in [4.69, 9.17) is 0 Å². The van der Waals surface area contributed by atoms with E-state index in [0.717, 1.165) is 29.9 Å². The molecule has 0 bridgehead atoms. The minimum Gasteiger partial charge on any atom is -0.355 e. The molecule has 0 N–H and O–H groups in total. The Balaban J connectivity index is 1.95. The van der Waals surface area contributed by atoms with Crippen LogP contribution in [0.1, 0.15) is 22.9 Å². The van der Waals surface area contributed by atoms with Gasteiger partial charge in [-0.05, 0) is 36.4 Å². The first-order valence-electron chi connectivity index (χ1n) is 7.06. The second-order valence-corrected chi connectivity index (χ2v) is 5.65. The van der Waals surface area contributed by atoms with Gasteiger partial charge in [0.2, 0.25) is 0 Å². The van der Waals surface area contributed by atoms with Crippen LogP contribution in [0.15, 0.2) is 48.5 Å². The van der Waals surface area contributed by atoms with Crippen LogP contribution in [0.5, 0.6) is 0 Å². The Morgan fingerprint density at radius 1 is 0.955 bits per heavy atom. The van der Waals surface area contributed by atoms with Gasteiger partial charge >= 0.3 is 6.18 Å². The normalized spacial score (nSPS) is 19.1. The molecular formula is C17H17F3N2. The van der Waals surface area contributed by atoms with Crippen molar-refractivity contribution in [3.8, 4) is 0 Å². The van der Waals surface area contributed by atoms with Gasteiger partial charge in [0.1, 0.15) is 6.17 Å². The molecule has 0 fully saturated rings. The molecule has 1 aliphatic heterocycles. The third-order valence-corrected chi connectivity index (χ3v) is 4.11. The van der Waals surface area contributed by atoms with Crippen LogP contribution in [0.4, 0.5) is 18.9 Å². The maximum absolute atomic E-state index is 12.7. The van der Waals surface area contributed by atoms with Crippen molar-refractivity contribution in [2.45, 2.75) is 18.9 Å². The zero-order valence-corrected chi connectivity index (χ0v) is 12.4. The molecule has 0 aliphatic carbocycles. The molecule has 22 heavy (non-hydrogen) atoms. The summed E-state index contributed by atoms with van der Waals surface area (Å²) in [4.78, 5) is 4.23. The molecule has 1 aliphatic rings. The van der Waals surface area contributed by atoms with Gasteiger partial charge < -0.3 is 4.90 Å². The van der Waals surface area contributed by atoms with Crippen molar-refractivity contribution < 1.29 is 13.2 Å². The van der Waals surface area contributed by atoms with Crippen molar-refractivity contribution in [1.29, 1.82) is 0 Å². The summed E-state index contributed by atoms with van der Waals surface area (Å²) in [5, 5.41) is 0. The third-order valence-electron chi connectivity index (χ3n) is 4.11. The highest BCUT2D eigenvalue weighted by Crippen LogP contribution is 2.37. The van der Waals surface area contributed by atoms with Crippen LogP contribution in [-0.2, 0) is 12.7 Å². The Bertz CT molecular complexity index is 664. The largest absolute Gasteiger partial charge is 0.416 e. The number of para-hydroxylation sites is 1. The quantitative estimate of drug-likeness (QED) is 0.775. The molecule has 5 heteroatoms. The number of benzene rings is 2. The fourth-order valence-electron chi connectivity index (χ4n) is 3.09. The van der Waals surface area contributed by atoms with Crippen molar-refractivity contribution in [2.24, 2.45) is 0 Å². The Kier molecular flexibility index (Phi) is 3.60. The third kappa shape index (κ3) is 2.57. The number of hydrogen-bond acceptors (Lipinski definition) is 2. The van der Waals surface area contributed by atoms with Crippen molar-refractivity contribution in [3.63, 3.8) is 0 Å². The van der Waals surface area contributed by atoms with Gasteiger partial charge in [0.05, 0.1) is 5.56 Å². The van der Waals surface area contributed by atoms with Crippen molar-refractivity contribution in [2.75, 3.05) is 19.0 Å². The maximum Gasteiger partial charge on any atom is 0.416 e. The lowest BCUT2D eigenvalue weighted by Crippen LogP contribution is -2.41. The van der Waals surface area contributed by atoms with E-state index in [1.807, 2.05) is 32.3 Å². The fourth-order valence-corrected chi connectivity index (χ4v) is 3.09. The first-order chi connectivity index (χ1) is 10.4. The molecule has 1 heterocycles. The standard InChI is InChI=1S/C17H17F3N2/c1-21-11-13-5-3-4-6-15(13)22(2)16(21)12-7-9-14(10-8-12)17(18,19)20/h3-10,16H,11H2,1-2H3. The fraction of sp³-hybridized carbons (Fsp3) is 0.294. The van der Waals surface area contributed by atoms with E-state index < -0.39 is 11.7 Å². The summed E-state index contributed by atoms with van der Waals surface area (Å²) in [6.07, 6.45) is -4.37. The SMILES string of the molecule is CN1Cc2ccccc2N(C)C1c1ccc(C(F)(F)F)cc1. The minimum absolute atomic E-state index is 0.0721. The monoisotopic (exact) mass is 306 g/mol. The van der Waals surface area contributed by atoms with Crippen molar-refractivity contribution in [1.82, 2.24) is 4.90 Å². The number of nitrogens with zero attached hydrogens (tertiary/aromatic N) is 2. The van der Waals surface area contributed by atoms with Gasteiger partial charge in [0.25, 0.3) is 0 Å². The van der Waals surface area contributed by atoms with Crippen LogP contribution < -0.4 is 4.90 Å². The van der Waals surface area contributed by atoms with Gasteiger partial charge in [0.15, 0.2) is 0 Å². The smallest absolute Gasteiger partial charge is 0.355 e. The topological polar surface area (TPSA) is 6.48 Å². The lowest BCUT2D eigenvalue weighted by atomic mass is 10.0. The molecule has 0 radical (unpaired) electrons. The molecule has 0 aromatic heterocycles. The summed E-state index contributed by atoms with van der Waals surface area (Å²) in [7, 11) is 3.95. The van der Waals surface area contributed by atoms with Gasteiger partial charge in [-0.2, -0.15) is 13.2 Å². The molecule has 1 atom stereocenters. The van der Waals surface area contributed by atoms with Crippen LogP contribution in [-0.4, -0.2) is 19.0 Å². The minimum atomic E-state index is -4.30. The van der Waals surface area contributed by atoms with Gasteiger partial charge in [-0.1, -0.05) is 30.3 Å². The Hall–Kier alpha value is -2.01. The molecule has 2 aromatic rings. The van der Waals surface area contributed by atoms with Gasteiger partial charge in [-0.25, -0.2) is 0 Å². The molecule has 0 saturated carbocycles. The van der Waals surface area contributed by atoms with E-state index in [1.54, 1.807) is 12.1 Å². The molecule has 1 unspecified atom stereocenters. The predicted octanol–water partition coefficient (Wildman–Crippen LogP) is 4.29. The van der Waals surface area contributed by atoms with Gasteiger partial charge in [-0.15, -0.1) is 0 Å². The summed E-state index contributed by atoms with van der Waals surface area (Å²) in [6.45, 7) is 0.770. The number of rotatable bonds is 1. The van der Waals surface area contributed by atoms with E-state index in [1.165, 1.54) is 5.56 Å². The van der Waals surface area contributed by atoms with E-state index in [2.05, 4.69) is 15.9 Å². The molecule has 3 rings (SSSR count). The molecule has 116 valence electrons. The molecule has 0 amide bonds. The van der Waals surface area contributed by atoms with E-state index in [0.29, 0.717) is 0 Å². The summed E-state index contributed by atoms with van der Waals surface area (Å²) < 4.78 is 38.1. The summed E-state index contributed by atoms with van der Waals surface area (Å²) in [5.74, 6) is 0. The Morgan fingerprint density at radius 2 is 1.59 bits per heavy atom. The van der Waals surface area contributed by atoms with E-state index in [9.17, 15) is 13.2 Å². The molecule has 0 saturated heterocycles. The molecule has 2 nitrogen and oxygen atoms in total. The highest BCUT2D eigenvalue weighted by Gasteiger charge is 2.32. The summed E-state index contributed by atoms with van der Waals surface area (Å²) in [5.41, 5.74) is 2.58. The predicted molar refractivity (Wildman–Crippen MR) is 80.5 cm³/mol. The lowest BCUT2D eigenvalue weighted by molar-refractivity contribution is -0.137. The molecule has 2 aromatic carbocycles. The number of fused-ring (bicyclic) bond motifs is 1. The van der Waals surface area contributed by atoms with Crippen LogP contribution in [0.25, 0.3) is 0 Å².